The molecule has 1 atom stereocenters. The van der Waals surface area contributed by atoms with E-state index in [1.54, 1.807) is 6.07 Å². The molecule has 1 aromatic carbocycles. The quantitative estimate of drug-likeness (QED) is 0.811. The molecule has 0 fully saturated rings. The summed E-state index contributed by atoms with van der Waals surface area (Å²) in [5, 5.41) is 0. The van der Waals surface area contributed by atoms with Crippen molar-refractivity contribution in [3.05, 3.63) is 23.3 Å². The van der Waals surface area contributed by atoms with Crippen LogP contribution in [-0.2, 0) is 16.5 Å². The van der Waals surface area contributed by atoms with E-state index < -0.39 is 11.1 Å². The Morgan fingerprint density at radius 2 is 1.88 bits per heavy atom. The van der Waals surface area contributed by atoms with Gasteiger partial charge in [0.1, 0.15) is 10.6 Å². The Balaban J connectivity index is 3.55. The molecule has 90 valence electrons. The third-order valence-electron chi connectivity index (χ3n) is 2.40. The third-order valence-corrected chi connectivity index (χ3v) is 3.08. The predicted octanol–water partition coefficient (Wildman–Crippen LogP) is 2.88. The van der Waals surface area contributed by atoms with Crippen LogP contribution in [0, 0.1) is 6.92 Å². The minimum Gasteiger partial charge on any atom is -0.495 e. The maximum absolute atomic E-state index is 11.2. The molecule has 0 aliphatic rings. The van der Waals surface area contributed by atoms with E-state index in [0.717, 1.165) is 11.1 Å². The molecule has 0 aromatic heterocycles. The molecule has 0 amide bonds. The summed E-state index contributed by atoms with van der Waals surface area (Å²) in [5.41, 5.74) is 1.79. The average molecular weight is 242 g/mol. The van der Waals surface area contributed by atoms with E-state index in [2.05, 4.69) is 0 Å². The maximum Gasteiger partial charge on any atom is 0.190 e. The van der Waals surface area contributed by atoms with Gasteiger partial charge >= 0.3 is 0 Å². The topological polar surface area (TPSA) is 46.5 Å². The van der Waals surface area contributed by atoms with Crippen molar-refractivity contribution in [1.29, 1.82) is 0 Å². The fraction of sp³-hybridized carbons (Fsp3) is 0.500. The number of aryl methyl sites for hydroxylation is 1. The zero-order valence-electron chi connectivity index (χ0n) is 10.3. The van der Waals surface area contributed by atoms with Crippen LogP contribution in [0.2, 0.25) is 0 Å². The first kappa shape index (κ1) is 13.2. The molecule has 0 radical (unpaired) electrons. The van der Waals surface area contributed by atoms with Crippen molar-refractivity contribution in [2.45, 2.75) is 38.0 Å². The van der Waals surface area contributed by atoms with Crippen LogP contribution in [0.4, 0.5) is 0 Å². The minimum absolute atomic E-state index is 0.120. The molecule has 0 aliphatic heterocycles. The summed E-state index contributed by atoms with van der Waals surface area (Å²) >= 11 is -2.02. The summed E-state index contributed by atoms with van der Waals surface area (Å²) in [6.07, 6.45) is 0. The second-order valence-corrected chi connectivity index (χ2v) is 5.78. The lowest BCUT2D eigenvalue weighted by Crippen LogP contribution is -2.14. The largest absolute Gasteiger partial charge is 0.495 e. The van der Waals surface area contributed by atoms with Crippen LogP contribution >= 0.6 is 0 Å². The lowest BCUT2D eigenvalue weighted by Gasteiger charge is -2.23. The summed E-state index contributed by atoms with van der Waals surface area (Å²) < 4.78 is 25.8. The first-order chi connectivity index (χ1) is 7.27. The number of hydrogen-bond donors (Lipinski definition) is 1. The second kappa shape index (κ2) is 4.55. The van der Waals surface area contributed by atoms with Gasteiger partial charge in [-0.1, -0.05) is 26.8 Å². The maximum atomic E-state index is 11.2. The van der Waals surface area contributed by atoms with E-state index in [1.807, 2.05) is 33.8 Å². The van der Waals surface area contributed by atoms with Crippen molar-refractivity contribution in [3.63, 3.8) is 0 Å². The van der Waals surface area contributed by atoms with E-state index in [9.17, 15) is 8.76 Å². The van der Waals surface area contributed by atoms with E-state index in [-0.39, 0.29) is 5.41 Å². The number of methoxy groups -OCH3 is 1. The fourth-order valence-corrected chi connectivity index (χ4v) is 2.28. The molecule has 0 saturated carbocycles. The van der Waals surface area contributed by atoms with E-state index in [0.29, 0.717) is 10.6 Å². The Morgan fingerprint density at radius 3 is 2.25 bits per heavy atom. The zero-order valence-corrected chi connectivity index (χ0v) is 11.1. The average Bonchev–Trinajstić information content (AvgIpc) is 2.14. The van der Waals surface area contributed by atoms with Gasteiger partial charge in [0.25, 0.3) is 0 Å². The number of benzene rings is 1. The van der Waals surface area contributed by atoms with Crippen LogP contribution in [0.5, 0.6) is 5.75 Å². The van der Waals surface area contributed by atoms with Gasteiger partial charge < -0.3 is 9.29 Å². The molecule has 1 rings (SSSR count). The van der Waals surface area contributed by atoms with Crippen LogP contribution < -0.4 is 4.74 Å². The van der Waals surface area contributed by atoms with Crippen molar-refractivity contribution in [1.82, 2.24) is 0 Å². The highest BCUT2D eigenvalue weighted by molar-refractivity contribution is 7.79. The van der Waals surface area contributed by atoms with E-state index in [4.69, 9.17) is 4.74 Å². The molecule has 1 aromatic rings. The molecular formula is C12H18O3S. The first-order valence-electron chi connectivity index (χ1n) is 5.07. The van der Waals surface area contributed by atoms with Crippen LogP contribution in [0.1, 0.15) is 31.9 Å². The molecule has 1 unspecified atom stereocenters. The highest BCUT2D eigenvalue weighted by Crippen LogP contribution is 2.36. The van der Waals surface area contributed by atoms with Gasteiger partial charge in [0.2, 0.25) is 0 Å². The highest BCUT2D eigenvalue weighted by atomic mass is 32.2. The van der Waals surface area contributed by atoms with Crippen LogP contribution in [0.15, 0.2) is 17.0 Å². The summed E-state index contributed by atoms with van der Waals surface area (Å²) in [6.45, 7) is 8.06. The molecule has 4 heteroatoms. The van der Waals surface area contributed by atoms with Gasteiger partial charge in [0.05, 0.1) is 7.11 Å². The molecule has 16 heavy (non-hydrogen) atoms. The molecule has 0 spiro atoms. The van der Waals surface area contributed by atoms with Gasteiger partial charge in [-0.3, -0.25) is 0 Å². The lowest BCUT2D eigenvalue weighted by molar-refractivity contribution is 0.385. The Labute approximate surface area is 99.1 Å². The molecule has 3 nitrogen and oxygen atoms in total. The molecule has 0 aliphatic carbocycles. The van der Waals surface area contributed by atoms with Gasteiger partial charge in [-0.05, 0) is 24.0 Å². The Morgan fingerprint density at radius 1 is 1.31 bits per heavy atom. The van der Waals surface area contributed by atoms with Crippen molar-refractivity contribution in [3.8, 4) is 5.75 Å². The summed E-state index contributed by atoms with van der Waals surface area (Å²) in [7, 11) is 1.52. The first-order valence-corrected chi connectivity index (χ1v) is 6.18. The number of rotatable bonds is 2. The highest BCUT2D eigenvalue weighted by Gasteiger charge is 2.23. The van der Waals surface area contributed by atoms with Crippen molar-refractivity contribution in [2.75, 3.05) is 7.11 Å². The normalized spacial score (nSPS) is 13.6. The van der Waals surface area contributed by atoms with Crippen LogP contribution in [-0.4, -0.2) is 15.9 Å². The SMILES string of the molecule is COc1c(S(=O)O)cc(C)cc1C(C)(C)C. The molecule has 1 N–H and O–H groups in total. The molecule has 0 saturated heterocycles. The summed E-state index contributed by atoms with van der Waals surface area (Å²) in [4.78, 5) is 0.340. The monoisotopic (exact) mass is 242 g/mol. The number of hydrogen-bond acceptors (Lipinski definition) is 2. The van der Waals surface area contributed by atoms with Gasteiger partial charge in [-0.2, -0.15) is 0 Å². The van der Waals surface area contributed by atoms with Crippen LogP contribution in [0.3, 0.4) is 0 Å². The van der Waals surface area contributed by atoms with Gasteiger partial charge in [-0.25, -0.2) is 4.21 Å². The molecule has 0 bridgehead atoms. The van der Waals surface area contributed by atoms with Gasteiger partial charge in [0, 0.05) is 5.56 Å². The summed E-state index contributed by atoms with van der Waals surface area (Å²) in [6, 6.07) is 3.68. The smallest absolute Gasteiger partial charge is 0.190 e. The zero-order chi connectivity index (χ0) is 12.5. The Bertz CT molecular complexity index is 419. The molecule has 0 heterocycles. The van der Waals surface area contributed by atoms with Gasteiger partial charge in [-0.15, -0.1) is 0 Å². The van der Waals surface area contributed by atoms with Crippen LogP contribution in [0.25, 0.3) is 0 Å². The lowest BCUT2D eigenvalue weighted by atomic mass is 9.85. The van der Waals surface area contributed by atoms with Crippen molar-refractivity contribution >= 4 is 11.1 Å². The summed E-state index contributed by atoms with van der Waals surface area (Å²) in [5.74, 6) is 0.513. The van der Waals surface area contributed by atoms with E-state index >= 15 is 0 Å². The third kappa shape index (κ3) is 2.62. The Kier molecular flexibility index (Phi) is 3.76. The van der Waals surface area contributed by atoms with E-state index in [1.165, 1.54) is 7.11 Å². The van der Waals surface area contributed by atoms with Crippen molar-refractivity contribution < 1.29 is 13.5 Å². The van der Waals surface area contributed by atoms with Gasteiger partial charge in [0.15, 0.2) is 11.1 Å². The number of ether oxygens (including phenoxy) is 1. The standard InChI is InChI=1S/C12H18O3S/c1-8-6-9(12(2,3)4)11(15-5)10(7-8)16(13)14/h6-7H,1-5H3,(H,13,14). The molecular weight excluding hydrogens is 224 g/mol. The minimum atomic E-state index is -2.02. The second-order valence-electron chi connectivity index (χ2n) is 4.84. The van der Waals surface area contributed by atoms with Crippen molar-refractivity contribution in [2.24, 2.45) is 0 Å². The Hall–Kier alpha value is -0.870. The predicted molar refractivity (Wildman–Crippen MR) is 65.5 cm³/mol. The fourth-order valence-electron chi connectivity index (χ4n) is 1.64.